The third-order valence-corrected chi connectivity index (χ3v) is 4.69. The molecule has 0 aromatic carbocycles. The van der Waals surface area contributed by atoms with Gasteiger partial charge >= 0.3 is 0 Å². The van der Waals surface area contributed by atoms with Crippen LogP contribution in [0.15, 0.2) is 4.99 Å². The van der Waals surface area contributed by atoms with Crippen LogP contribution in [0.5, 0.6) is 0 Å². The van der Waals surface area contributed by atoms with E-state index in [0.29, 0.717) is 24.1 Å². The van der Waals surface area contributed by atoms with E-state index in [0.717, 1.165) is 19.4 Å². The fourth-order valence-corrected chi connectivity index (χ4v) is 2.64. The molecule has 5 heteroatoms. The van der Waals surface area contributed by atoms with Gasteiger partial charge in [0.15, 0.2) is 5.96 Å². The Labute approximate surface area is 140 Å². The molecule has 2 N–H and O–H groups in total. The van der Waals surface area contributed by atoms with E-state index in [4.69, 9.17) is 15.5 Å². The first-order valence-electron chi connectivity index (χ1n) is 7.64. The van der Waals surface area contributed by atoms with Gasteiger partial charge < -0.3 is 15.4 Å². The van der Waals surface area contributed by atoms with Crippen molar-refractivity contribution in [2.75, 3.05) is 13.7 Å². The second kappa shape index (κ2) is 7.29. The van der Waals surface area contributed by atoms with Crippen LogP contribution < -0.4 is 5.73 Å². The van der Waals surface area contributed by atoms with Crippen LogP contribution in [0.3, 0.4) is 0 Å². The van der Waals surface area contributed by atoms with E-state index in [1.807, 2.05) is 0 Å². The minimum Gasteiger partial charge on any atom is -0.377 e. The summed E-state index contributed by atoms with van der Waals surface area (Å²) in [6.07, 6.45) is 6.19. The maximum Gasteiger partial charge on any atom is 0.191 e. The molecule has 4 nitrogen and oxygen atoms in total. The van der Waals surface area contributed by atoms with Gasteiger partial charge in [-0.2, -0.15) is 0 Å². The van der Waals surface area contributed by atoms with Crippen LogP contribution >= 0.6 is 24.0 Å². The standard InChI is InChI=1S/C15H29N3O.HI/c1-5-6-9-19-13-10-12(15(13,2)3)17-14(16)18(4)11-7-8-11;/h11-13H,5-10H2,1-4H3,(H2,16,17);1H. The predicted octanol–water partition coefficient (Wildman–Crippen LogP) is 3.00. The molecule has 2 rings (SSSR count). The number of ether oxygens (including phenoxy) is 1. The fraction of sp³-hybridized carbons (Fsp3) is 0.933. The van der Waals surface area contributed by atoms with Gasteiger partial charge in [0.05, 0.1) is 12.1 Å². The first kappa shape index (κ1) is 18.0. The minimum atomic E-state index is 0. The van der Waals surface area contributed by atoms with Crippen LogP contribution in [-0.2, 0) is 4.74 Å². The molecule has 0 aliphatic heterocycles. The van der Waals surface area contributed by atoms with Gasteiger partial charge in [-0.25, -0.2) is 4.99 Å². The highest BCUT2D eigenvalue weighted by Gasteiger charge is 2.49. The Balaban J connectivity index is 0.00000200. The van der Waals surface area contributed by atoms with Crippen molar-refractivity contribution in [2.24, 2.45) is 16.1 Å². The molecule has 0 radical (unpaired) electrons. The van der Waals surface area contributed by atoms with Gasteiger partial charge in [0.1, 0.15) is 0 Å². The number of aliphatic imine (C=N–C) groups is 1. The van der Waals surface area contributed by atoms with Gasteiger partial charge in [-0.15, -0.1) is 24.0 Å². The van der Waals surface area contributed by atoms with Crippen LogP contribution in [0, 0.1) is 5.41 Å². The van der Waals surface area contributed by atoms with Crippen LogP contribution in [0.25, 0.3) is 0 Å². The van der Waals surface area contributed by atoms with E-state index in [-0.39, 0.29) is 29.4 Å². The van der Waals surface area contributed by atoms with E-state index in [1.54, 1.807) is 0 Å². The van der Waals surface area contributed by atoms with Crippen molar-refractivity contribution >= 4 is 29.9 Å². The highest BCUT2D eigenvalue weighted by Crippen LogP contribution is 2.45. The van der Waals surface area contributed by atoms with Crippen LogP contribution in [-0.4, -0.2) is 42.7 Å². The van der Waals surface area contributed by atoms with Crippen molar-refractivity contribution < 1.29 is 4.74 Å². The van der Waals surface area contributed by atoms with E-state index >= 15 is 0 Å². The molecule has 2 saturated carbocycles. The molecule has 2 unspecified atom stereocenters. The molecule has 0 bridgehead atoms. The molecule has 0 aromatic rings. The molecule has 0 aromatic heterocycles. The summed E-state index contributed by atoms with van der Waals surface area (Å²) in [5.74, 6) is 0.701. The minimum absolute atomic E-state index is 0. The molecular weight excluding hydrogens is 365 g/mol. The first-order valence-corrected chi connectivity index (χ1v) is 7.64. The highest BCUT2D eigenvalue weighted by atomic mass is 127. The molecule has 2 atom stereocenters. The lowest BCUT2D eigenvalue weighted by Gasteiger charge is -2.49. The molecule has 118 valence electrons. The summed E-state index contributed by atoms with van der Waals surface area (Å²) in [6.45, 7) is 7.55. The second-order valence-corrected chi connectivity index (χ2v) is 6.62. The van der Waals surface area contributed by atoms with Gasteiger partial charge in [0, 0.05) is 25.1 Å². The number of nitrogens with two attached hydrogens (primary N) is 1. The Morgan fingerprint density at radius 3 is 2.55 bits per heavy atom. The molecule has 20 heavy (non-hydrogen) atoms. The van der Waals surface area contributed by atoms with E-state index in [1.165, 1.54) is 19.3 Å². The van der Waals surface area contributed by atoms with E-state index in [2.05, 4.69) is 32.7 Å². The van der Waals surface area contributed by atoms with Crippen molar-refractivity contribution in [1.82, 2.24) is 4.90 Å². The summed E-state index contributed by atoms with van der Waals surface area (Å²) >= 11 is 0. The molecule has 2 aliphatic rings. The second-order valence-electron chi connectivity index (χ2n) is 6.62. The number of hydrogen-bond acceptors (Lipinski definition) is 2. The number of nitrogens with zero attached hydrogens (tertiary/aromatic N) is 2. The zero-order chi connectivity index (χ0) is 14.0. The number of unbranched alkanes of at least 4 members (excludes halogenated alkanes) is 1. The average molecular weight is 395 g/mol. The summed E-state index contributed by atoms with van der Waals surface area (Å²) in [4.78, 5) is 6.84. The number of halogens is 1. The Morgan fingerprint density at radius 1 is 1.40 bits per heavy atom. The Morgan fingerprint density at radius 2 is 2.05 bits per heavy atom. The van der Waals surface area contributed by atoms with Gasteiger partial charge in [-0.3, -0.25) is 0 Å². The van der Waals surface area contributed by atoms with Gasteiger partial charge in [0.25, 0.3) is 0 Å². The number of guanidine groups is 1. The smallest absolute Gasteiger partial charge is 0.191 e. The SMILES string of the molecule is CCCCOC1CC(N=C(N)N(C)C2CC2)C1(C)C.I. The monoisotopic (exact) mass is 395 g/mol. The molecule has 0 heterocycles. The van der Waals surface area contributed by atoms with Gasteiger partial charge in [0.2, 0.25) is 0 Å². The summed E-state index contributed by atoms with van der Waals surface area (Å²) in [7, 11) is 2.05. The van der Waals surface area contributed by atoms with Crippen molar-refractivity contribution in [3.8, 4) is 0 Å². The van der Waals surface area contributed by atoms with E-state index < -0.39 is 0 Å². The summed E-state index contributed by atoms with van der Waals surface area (Å²) in [6, 6.07) is 0.934. The topological polar surface area (TPSA) is 50.9 Å². The number of hydrogen-bond donors (Lipinski definition) is 1. The zero-order valence-electron chi connectivity index (χ0n) is 13.3. The van der Waals surface area contributed by atoms with Crippen molar-refractivity contribution in [1.29, 1.82) is 0 Å². The summed E-state index contributed by atoms with van der Waals surface area (Å²) in [5.41, 5.74) is 6.21. The molecule has 0 amide bonds. The Kier molecular flexibility index (Phi) is 6.57. The van der Waals surface area contributed by atoms with Crippen LogP contribution in [0.4, 0.5) is 0 Å². The summed E-state index contributed by atoms with van der Waals surface area (Å²) < 4.78 is 5.94. The van der Waals surface area contributed by atoms with Crippen LogP contribution in [0.1, 0.15) is 52.9 Å². The summed E-state index contributed by atoms with van der Waals surface area (Å²) in [5, 5.41) is 0. The lowest BCUT2D eigenvalue weighted by atomic mass is 9.65. The third kappa shape index (κ3) is 4.00. The normalized spacial score (nSPS) is 28.5. The lowest BCUT2D eigenvalue weighted by Crippen LogP contribution is -2.55. The highest BCUT2D eigenvalue weighted by molar-refractivity contribution is 14.0. The maximum absolute atomic E-state index is 6.09. The molecule has 2 aliphatic carbocycles. The largest absolute Gasteiger partial charge is 0.377 e. The fourth-order valence-electron chi connectivity index (χ4n) is 2.64. The van der Waals surface area contributed by atoms with E-state index in [9.17, 15) is 0 Å². The molecule has 0 spiro atoms. The Bertz CT molecular complexity index is 342. The van der Waals surface area contributed by atoms with Gasteiger partial charge in [-0.05, 0) is 25.7 Å². The molecular formula is C15H30IN3O. The van der Waals surface area contributed by atoms with Crippen LogP contribution in [0.2, 0.25) is 0 Å². The first-order chi connectivity index (χ1) is 8.96. The quantitative estimate of drug-likeness (QED) is 0.326. The third-order valence-electron chi connectivity index (χ3n) is 4.69. The Hall–Kier alpha value is -0.0400. The van der Waals surface area contributed by atoms with Crippen molar-refractivity contribution in [2.45, 2.75) is 71.1 Å². The predicted molar refractivity (Wildman–Crippen MR) is 94.7 cm³/mol. The van der Waals surface area contributed by atoms with Gasteiger partial charge in [-0.1, -0.05) is 27.2 Å². The number of rotatable bonds is 6. The van der Waals surface area contributed by atoms with Crippen molar-refractivity contribution in [3.05, 3.63) is 0 Å². The zero-order valence-corrected chi connectivity index (χ0v) is 15.6. The maximum atomic E-state index is 6.09. The molecule has 2 fully saturated rings. The average Bonchev–Trinajstić information content (AvgIpc) is 3.20. The molecule has 0 saturated heterocycles. The lowest BCUT2D eigenvalue weighted by molar-refractivity contribution is -0.107. The van der Waals surface area contributed by atoms with Crippen molar-refractivity contribution in [3.63, 3.8) is 0 Å².